The number of nitrogens with zero attached hydrogens (tertiary/aromatic N) is 2. The third-order valence-electron chi connectivity index (χ3n) is 4.37. The lowest BCUT2D eigenvalue weighted by Gasteiger charge is -2.23. The maximum Gasteiger partial charge on any atom is 0.270 e. The molecule has 1 aromatic carbocycles. The van der Waals surface area contributed by atoms with Gasteiger partial charge in [-0.25, -0.2) is 0 Å². The zero-order chi connectivity index (χ0) is 16.9. The van der Waals surface area contributed by atoms with Crippen LogP contribution in [0.1, 0.15) is 41.4 Å². The summed E-state index contributed by atoms with van der Waals surface area (Å²) < 4.78 is 2.06. The number of carbonyl (C=O) groups excluding carboxylic acids is 2. The quantitative estimate of drug-likeness (QED) is 0.809. The predicted octanol–water partition coefficient (Wildman–Crippen LogP) is 2.38. The normalized spacial score (nSPS) is 13.7. The van der Waals surface area contributed by atoms with Crippen LogP contribution in [0.3, 0.4) is 0 Å². The van der Waals surface area contributed by atoms with Gasteiger partial charge in [0.05, 0.1) is 0 Å². The van der Waals surface area contributed by atoms with Gasteiger partial charge in [-0.2, -0.15) is 0 Å². The summed E-state index contributed by atoms with van der Waals surface area (Å²) in [6.45, 7) is 0.933. The lowest BCUT2D eigenvalue weighted by atomic mass is 10.1. The minimum atomic E-state index is -0.384. The standard InChI is InChI=1S/C19H23N3O2/c20-18(23)11-14-21(13-10-15-5-2-1-3-6-15)19(24)17-7-4-12-22(17)16-8-9-16/h1-7,12,16H,8-11,13-14H2,(H2,20,23). The highest BCUT2D eigenvalue weighted by Crippen LogP contribution is 2.36. The van der Waals surface area contributed by atoms with E-state index < -0.39 is 0 Å². The van der Waals surface area contributed by atoms with Gasteiger partial charge < -0.3 is 15.2 Å². The Balaban J connectivity index is 1.71. The van der Waals surface area contributed by atoms with Crippen LogP contribution in [-0.4, -0.2) is 34.4 Å². The molecule has 1 fully saturated rings. The molecule has 1 aliphatic rings. The lowest BCUT2D eigenvalue weighted by molar-refractivity contribution is -0.118. The number of primary amides is 1. The molecule has 1 saturated carbocycles. The van der Waals surface area contributed by atoms with Gasteiger partial charge in [-0.05, 0) is 37.0 Å². The Morgan fingerprint density at radius 2 is 1.83 bits per heavy atom. The summed E-state index contributed by atoms with van der Waals surface area (Å²) in [4.78, 5) is 25.8. The topological polar surface area (TPSA) is 68.3 Å². The van der Waals surface area contributed by atoms with Crippen molar-refractivity contribution in [1.29, 1.82) is 0 Å². The van der Waals surface area contributed by atoms with Crippen molar-refractivity contribution in [2.45, 2.75) is 31.7 Å². The molecule has 5 heteroatoms. The summed E-state index contributed by atoms with van der Waals surface area (Å²) in [5.41, 5.74) is 7.15. The van der Waals surface area contributed by atoms with Crippen LogP contribution in [0, 0.1) is 0 Å². The molecular formula is C19H23N3O2. The zero-order valence-corrected chi connectivity index (χ0v) is 13.7. The summed E-state index contributed by atoms with van der Waals surface area (Å²) in [6.07, 6.45) is 5.16. The molecule has 0 saturated heterocycles. The van der Waals surface area contributed by atoms with Gasteiger partial charge >= 0.3 is 0 Å². The minimum absolute atomic E-state index is 0.0240. The van der Waals surface area contributed by atoms with E-state index in [1.165, 1.54) is 5.56 Å². The van der Waals surface area contributed by atoms with E-state index in [0.29, 0.717) is 24.8 Å². The molecule has 0 spiro atoms. The van der Waals surface area contributed by atoms with Crippen molar-refractivity contribution in [3.63, 3.8) is 0 Å². The summed E-state index contributed by atoms with van der Waals surface area (Å²) in [5, 5.41) is 0. The highest BCUT2D eigenvalue weighted by molar-refractivity contribution is 5.93. The summed E-state index contributed by atoms with van der Waals surface area (Å²) >= 11 is 0. The van der Waals surface area contributed by atoms with Crippen molar-refractivity contribution in [2.24, 2.45) is 5.73 Å². The summed E-state index contributed by atoms with van der Waals surface area (Å²) in [5.74, 6) is -0.408. The molecule has 3 rings (SSSR count). The molecule has 2 aromatic rings. The van der Waals surface area contributed by atoms with Crippen molar-refractivity contribution in [2.75, 3.05) is 13.1 Å². The van der Waals surface area contributed by atoms with Gasteiger partial charge in [-0.1, -0.05) is 30.3 Å². The van der Waals surface area contributed by atoms with E-state index >= 15 is 0 Å². The average Bonchev–Trinajstić information content (AvgIpc) is 3.32. The first-order chi connectivity index (χ1) is 11.6. The maximum absolute atomic E-state index is 12.9. The Kier molecular flexibility index (Phi) is 4.99. The highest BCUT2D eigenvalue weighted by Gasteiger charge is 2.28. The fourth-order valence-electron chi connectivity index (χ4n) is 2.88. The Bertz CT molecular complexity index is 704. The SMILES string of the molecule is NC(=O)CCN(CCc1ccccc1)C(=O)c1cccn1C1CC1. The summed E-state index contributed by atoms with van der Waals surface area (Å²) in [6, 6.07) is 14.3. The van der Waals surface area contributed by atoms with Crippen molar-refractivity contribution >= 4 is 11.8 Å². The highest BCUT2D eigenvalue weighted by atomic mass is 16.2. The van der Waals surface area contributed by atoms with Crippen molar-refractivity contribution in [3.8, 4) is 0 Å². The van der Waals surface area contributed by atoms with Crippen molar-refractivity contribution in [3.05, 3.63) is 59.9 Å². The average molecular weight is 325 g/mol. The molecule has 0 radical (unpaired) electrons. The van der Waals surface area contributed by atoms with Crippen LogP contribution in [0.25, 0.3) is 0 Å². The first kappa shape index (κ1) is 16.3. The van der Waals surface area contributed by atoms with E-state index in [2.05, 4.69) is 4.57 Å². The number of rotatable bonds is 8. The molecule has 1 aliphatic carbocycles. The number of benzene rings is 1. The van der Waals surface area contributed by atoms with Crippen LogP contribution in [0.15, 0.2) is 48.7 Å². The third-order valence-corrected chi connectivity index (χ3v) is 4.37. The van der Waals surface area contributed by atoms with Gasteiger partial charge in [0.2, 0.25) is 5.91 Å². The van der Waals surface area contributed by atoms with E-state index in [4.69, 9.17) is 5.73 Å². The van der Waals surface area contributed by atoms with E-state index in [-0.39, 0.29) is 18.2 Å². The van der Waals surface area contributed by atoms with E-state index in [1.54, 1.807) is 4.90 Å². The van der Waals surface area contributed by atoms with Gasteiger partial charge in [-0.15, -0.1) is 0 Å². The number of hydrogen-bond donors (Lipinski definition) is 1. The fourth-order valence-corrected chi connectivity index (χ4v) is 2.88. The van der Waals surface area contributed by atoms with Crippen LogP contribution < -0.4 is 5.73 Å². The van der Waals surface area contributed by atoms with Crippen LogP contribution in [0.5, 0.6) is 0 Å². The molecule has 1 aromatic heterocycles. The van der Waals surface area contributed by atoms with E-state index in [9.17, 15) is 9.59 Å². The van der Waals surface area contributed by atoms with Crippen molar-refractivity contribution < 1.29 is 9.59 Å². The van der Waals surface area contributed by atoms with Crippen LogP contribution in [-0.2, 0) is 11.2 Å². The number of nitrogens with two attached hydrogens (primary N) is 1. The Labute approximate surface area is 142 Å². The first-order valence-corrected chi connectivity index (χ1v) is 8.43. The smallest absolute Gasteiger partial charge is 0.270 e. The molecule has 5 nitrogen and oxygen atoms in total. The van der Waals surface area contributed by atoms with Gasteiger partial charge in [0.1, 0.15) is 5.69 Å². The monoisotopic (exact) mass is 325 g/mol. The molecular weight excluding hydrogens is 302 g/mol. The second kappa shape index (κ2) is 7.34. The van der Waals surface area contributed by atoms with Gasteiger partial charge in [0.25, 0.3) is 5.91 Å². The van der Waals surface area contributed by atoms with E-state index in [1.807, 2.05) is 48.7 Å². The summed E-state index contributed by atoms with van der Waals surface area (Å²) in [7, 11) is 0. The minimum Gasteiger partial charge on any atom is -0.370 e. The number of amides is 2. The number of hydrogen-bond acceptors (Lipinski definition) is 2. The van der Waals surface area contributed by atoms with E-state index in [0.717, 1.165) is 19.3 Å². The molecule has 1 heterocycles. The van der Waals surface area contributed by atoms with Crippen molar-refractivity contribution in [1.82, 2.24) is 9.47 Å². The third kappa shape index (κ3) is 4.04. The number of aromatic nitrogens is 1. The maximum atomic E-state index is 12.9. The lowest BCUT2D eigenvalue weighted by Crippen LogP contribution is -2.36. The predicted molar refractivity (Wildman–Crippen MR) is 92.6 cm³/mol. The molecule has 2 amide bonds. The number of carbonyl (C=O) groups is 2. The molecule has 0 unspecified atom stereocenters. The second-order valence-corrected chi connectivity index (χ2v) is 6.28. The molecule has 0 bridgehead atoms. The molecule has 24 heavy (non-hydrogen) atoms. The van der Waals surface area contributed by atoms with Crippen LogP contribution in [0.4, 0.5) is 0 Å². The Hall–Kier alpha value is -2.56. The zero-order valence-electron chi connectivity index (χ0n) is 13.7. The van der Waals surface area contributed by atoms with Gasteiger partial charge in [0.15, 0.2) is 0 Å². The van der Waals surface area contributed by atoms with Gasteiger partial charge in [0, 0.05) is 31.7 Å². The molecule has 0 atom stereocenters. The fraction of sp³-hybridized carbons (Fsp3) is 0.368. The molecule has 0 aliphatic heterocycles. The van der Waals surface area contributed by atoms with Crippen LogP contribution in [0.2, 0.25) is 0 Å². The Morgan fingerprint density at radius 3 is 2.50 bits per heavy atom. The van der Waals surface area contributed by atoms with Gasteiger partial charge in [-0.3, -0.25) is 9.59 Å². The Morgan fingerprint density at radius 1 is 1.08 bits per heavy atom. The largest absolute Gasteiger partial charge is 0.370 e. The molecule has 2 N–H and O–H groups in total. The first-order valence-electron chi connectivity index (χ1n) is 8.43. The van der Waals surface area contributed by atoms with Crippen LogP contribution >= 0.6 is 0 Å². The molecule has 126 valence electrons. The second-order valence-electron chi connectivity index (χ2n) is 6.28.